The van der Waals surface area contributed by atoms with E-state index < -0.39 is 5.97 Å². The molecule has 0 spiro atoms. The van der Waals surface area contributed by atoms with Gasteiger partial charge in [-0.3, -0.25) is 9.78 Å². The van der Waals surface area contributed by atoms with Crippen molar-refractivity contribution in [3.63, 3.8) is 0 Å². The summed E-state index contributed by atoms with van der Waals surface area (Å²) < 4.78 is 0. The number of carbonyl (C=O) groups excluding carboxylic acids is 1. The lowest BCUT2D eigenvalue weighted by atomic mass is 10.2. The first-order chi connectivity index (χ1) is 9.15. The normalized spacial score (nSPS) is 9.89. The molecule has 2 rings (SSSR count). The zero-order chi connectivity index (χ0) is 13.7. The van der Waals surface area contributed by atoms with Gasteiger partial charge in [-0.1, -0.05) is 6.07 Å². The number of aromatic carboxylic acids is 1. The molecular formula is C13H11N3O3. The molecule has 0 aromatic carbocycles. The van der Waals surface area contributed by atoms with Crippen LogP contribution >= 0.6 is 0 Å². The summed E-state index contributed by atoms with van der Waals surface area (Å²) in [4.78, 5) is 30.1. The first-order valence-electron chi connectivity index (χ1n) is 5.53. The van der Waals surface area contributed by atoms with Crippen LogP contribution in [-0.2, 0) is 11.2 Å². The van der Waals surface area contributed by atoms with E-state index >= 15 is 0 Å². The molecule has 6 nitrogen and oxygen atoms in total. The molecule has 0 fully saturated rings. The Morgan fingerprint density at radius 2 is 2.05 bits per heavy atom. The molecule has 6 heteroatoms. The van der Waals surface area contributed by atoms with Crippen molar-refractivity contribution >= 4 is 17.7 Å². The summed E-state index contributed by atoms with van der Waals surface area (Å²) in [5.41, 5.74) is 0.868. The van der Waals surface area contributed by atoms with Gasteiger partial charge in [-0.05, 0) is 23.8 Å². The van der Waals surface area contributed by atoms with Crippen molar-refractivity contribution in [3.05, 3.63) is 54.0 Å². The summed E-state index contributed by atoms with van der Waals surface area (Å²) in [5.74, 6) is -0.969. The van der Waals surface area contributed by atoms with Crippen LogP contribution in [0, 0.1) is 0 Å². The third-order valence-electron chi connectivity index (χ3n) is 2.37. The fourth-order valence-corrected chi connectivity index (χ4v) is 1.47. The Labute approximate surface area is 109 Å². The number of hydrogen-bond acceptors (Lipinski definition) is 4. The number of carbonyl (C=O) groups is 2. The maximum atomic E-state index is 11.7. The largest absolute Gasteiger partial charge is 0.478 e. The molecule has 0 aliphatic rings. The monoisotopic (exact) mass is 257 g/mol. The number of pyridine rings is 2. The molecular weight excluding hydrogens is 246 g/mol. The number of carboxylic acids is 1. The molecule has 2 N–H and O–H groups in total. The third-order valence-corrected chi connectivity index (χ3v) is 2.37. The highest BCUT2D eigenvalue weighted by Crippen LogP contribution is 2.06. The van der Waals surface area contributed by atoms with Crippen molar-refractivity contribution in [3.8, 4) is 0 Å². The van der Waals surface area contributed by atoms with Crippen LogP contribution in [0.4, 0.5) is 5.82 Å². The average molecular weight is 257 g/mol. The van der Waals surface area contributed by atoms with E-state index in [1.165, 1.54) is 18.3 Å². The summed E-state index contributed by atoms with van der Waals surface area (Å²) in [7, 11) is 0. The molecule has 19 heavy (non-hydrogen) atoms. The van der Waals surface area contributed by atoms with E-state index in [4.69, 9.17) is 5.11 Å². The summed E-state index contributed by atoms with van der Waals surface area (Å²) >= 11 is 0. The van der Waals surface area contributed by atoms with Crippen LogP contribution < -0.4 is 5.32 Å². The van der Waals surface area contributed by atoms with Crippen molar-refractivity contribution in [2.45, 2.75) is 6.42 Å². The second kappa shape index (κ2) is 5.72. The van der Waals surface area contributed by atoms with Crippen LogP contribution in [0.2, 0.25) is 0 Å². The van der Waals surface area contributed by atoms with E-state index in [1.54, 1.807) is 24.5 Å². The van der Waals surface area contributed by atoms with Crippen molar-refractivity contribution in [2.75, 3.05) is 5.32 Å². The maximum Gasteiger partial charge on any atom is 0.337 e. The van der Waals surface area contributed by atoms with Crippen molar-refractivity contribution in [1.29, 1.82) is 0 Å². The van der Waals surface area contributed by atoms with E-state index in [0.29, 0.717) is 5.82 Å². The average Bonchev–Trinajstić information content (AvgIpc) is 2.40. The van der Waals surface area contributed by atoms with Crippen LogP contribution in [0.3, 0.4) is 0 Å². The molecule has 0 atom stereocenters. The maximum absolute atomic E-state index is 11.7. The minimum absolute atomic E-state index is 0.0743. The zero-order valence-electron chi connectivity index (χ0n) is 9.91. The number of hydrogen-bond donors (Lipinski definition) is 2. The van der Waals surface area contributed by atoms with E-state index in [1.807, 2.05) is 0 Å². The highest BCUT2D eigenvalue weighted by molar-refractivity contribution is 5.92. The standard InChI is InChI=1S/C13H11N3O3/c17-12(6-9-2-1-5-14-7-9)16-11-4-3-10(8-15-11)13(18)19/h1-5,7-8H,6H2,(H,18,19)(H,15,16,17). The van der Waals surface area contributed by atoms with Gasteiger partial charge in [0.05, 0.1) is 12.0 Å². The van der Waals surface area contributed by atoms with E-state index in [2.05, 4.69) is 15.3 Å². The topological polar surface area (TPSA) is 92.2 Å². The number of aromatic nitrogens is 2. The van der Waals surface area contributed by atoms with Gasteiger partial charge >= 0.3 is 5.97 Å². The number of nitrogens with one attached hydrogen (secondary N) is 1. The highest BCUT2D eigenvalue weighted by atomic mass is 16.4. The van der Waals surface area contributed by atoms with Crippen LogP contribution in [0.1, 0.15) is 15.9 Å². The lowest BCUT2D eigenvalue weighted by Crippen LogP contribution is -2.15. The molecule has 96 valence electrons. The summed E-state index contributed by atoms with van der Waals surface area (Å²) in [6.07, 6.45) is 4.63. The Balaban J connectivity index is 1.97. The van der Waals surface area contributed by atoms with Crippen molar-refractivity contribution < 1.29 is 14.7 Å². The van der Waals surface area contributed by atoms with Crippen LogP contribution in [0.25, 0.3) is 0 Å². The van der Waals surface area contributed by atoms with Crippen LogP contribution in [-0.4, -0.2) is 27.0 Å². The smallest absolute Gasteiger partial charge is 0.337 e. The Kier molecular flexibility index (Phi) is 3.82. The predicted octanol–water partition coefficient (Wildman–Crippen LogP) is 1.36. The van der Waals surface area contributed by atoms with Gasteiger partial charge in [0.15, 0.2) is 0 Å². The fourth-order valence-electron chi connectivity index (χ4n) is 1.47. The highest BCUT2D eigenvalue weighted by Gasteiger charge is 2.06. The molecule has 0 aliphatic carbocycles. The third kappa shape index (κ3) is 3.60. The first-order valence-corrected chi connectivity index (χ1v) is 5.53. The molecule has 0 saturated carbocycles. The van der Waals surface area contributed by atoms with Gasteiger partial charge < -0.3 is 10.4 Å². The Morgan fingerprint density at radius 3 is 2.63 bits per heavy atom. The molecule has 1 amide bonds. The van der Waals surface area contributed by atoms with Crippen molar-refractivity contribution in [1.82, 2.24) is 9.97 Å². The Morgan fingerprint density at radius 1 is 1.21 bits per heavy atom. The second-order valence-electron chi connectivity index (χ2n) is 3.82. The molecule has 2 heterocycles. The van der Waals surface area contributed by atoms with E-state index in [-0.39, 0.29) is 17.9 Å². The second-order valence-corrected chi connectivity index (χ2v) is 3.82. The van der Waals surface area contributed by atoms with Gasteiger partial charge in [-0.25, -0.2) is 9.78 Å². The van der Waals surface area contributed by atoms with Gasteiger partial charge in [0, 0.05) is 18.6 Å². The van der Waals surface area contributed by atoms with Gasteiger partial charge in [-0.2, -0.15) is 0 Å². The van der Waals surface area contributed by atoms with Gasteiger partial charge in [0.2, 0.25) is 5.91 Å². The molecule has 0 unspecified atom stereocenters. The van der Waals surface area contributed by atoms with Gasteiger partial charge in [0.1, 0.15) is 5.82 Å². The minimum atomic E-state index is -1.05. The number of amides is 1. The Bertz CT molecular complexity index is 582. The number of anilines is 1. The van der Waals surface area contributed by atoms with E-state index in [9.17, 15) is 9.59 Å². The van der Waals surface area contributed by atoms with Crippen LogP contribution in [0.15, 0.2) is 42.9 Å². The fraction of sp³-hybridized carbons (Fsp3) is 0.0769. The number of carboxylic acid groups (broad SMARTS) is 1. The van der Waals surface area contributed by atoms with Crippen LogP contribution in [0.5, 0.6) is 0 Å². The molecule has 0 bridgehead atoms. The molecule has 2 aromatic heterocycles. The number of nitrogens with zero attached hydrogens (tertiary/aromatic N) is 2. The zero-order valence-corrected chi connectivity index (χ0v) is 9.91. The molecule has 0 aliphatic heterocycles. The van der Waals surface area contributed by atoms with Crippen molar-refractivity contribution in [2.24, 2.45) is 0 Å². The van der Waals surface area contributed by atoms with E-state index in [0.717, 1.165) is 5.56 Å². The van der Waals surface area contributed by atoms with Gasteiger partial charge in [0.25, 0.3) is 0 Å². The number of rotatable bonds is 4. The summed E-state index contributed by atoms with van der Waals surface area (Å²) in [6, 6.07) is 6.38. The lowest BCUT2D eigenvalue weighted by molar-refractivity contribution is -0.115. The molecule has 2 aromatic rings. The summed E-state index contributed by atoms with van der Waals surface area (Å²) in [5, 5.41) is 11.3. The minimum Gasteiger partial charge on any atom is -0.478 e. The molecule has 0 radical (unpaired) electrons. The predicted molar refractivity (Wildman–Crippen MR) is 67.8 cm³/mol. The first kappa shape index (κ1) is 12.7. The SMILES string of the molecule is O=C(Cc1cccnc1)Nc1ccc(C(=O)O)cn1. The molecule has 0 saturated heterocycles. The summed E-state index contributed by atoms with van der Waals surface area (Å²) in [6.45, 7) is 0. The van der Waals surface area contributed by atoms with Gasteiger partial charge in [-0.15, -0.1) is 0 Å². The lowest BCUT2D eigenvalue weighted by Gasteiger charge is -2.04. The Hall–Kier alpha value is -2.76. The quantitative estimate of drug-likeness (QED) is 0.862.